The molecule has 2 aromatic rings. The lowest BCUT2D eigenvalue weighted by Crippen LogP contribution is -2.67. The van der Waals surface area contributed by atoms with E-state index in [9.17, 15) is 14.7 Å². The third-order valence-corrected chi connectivity index (χ3v) is 11.2. The van der Waals surface area contributed by atoms with Crippen molar-refractivity contribution in [2.45, 2.75) is 82.7 Å². The monoisotopic (exact) mass is 517 g/mol. The number of nitrogens with zero attached hydrogens (tertiary/aromatic N) is 3. The zero-order valence-corrected chi connectivity index (χ0v) is 23.4. The average Bonchev–Trinajstić information content (AvgIpc) is 3.71. The molecule has 5 unspecified atom stereocenters. The zero-order valence-electron chi connectivity index (χ0n) is 23.4. The molecule has 6 rings (SSSR count). The van der Waals surface area contributed by atoms with E-state index in [1.165, 1.54) is 35.1 Å². The quantitative estimate of drug-likeness (QED) is 0.602. The van der Waals surface area contributed by atoms with Crippen molar-refractivity contribution >= 4 is 5.91 Å². The van der Waals surface area contributed by atoms with E-state index >= 15 is 0 Å². The Morgan fingerprint density at radius 2 is 1.89 bits per heavy atom. The minimum absolute atomic E-state index is 0.0669. The lowest BCUT2D eigenvalue weighted by molar-refractivity contribution is -0.0893. The molecule has 1 amide bonds. The molecule has 5 atom stereocenters. The molecule has 1 N–H and O–H groups in total. The van der Waals surface area contributed by atoms with Gasteiger partial charge in [-0.2, -0.15) is 0 Å². The first-order chi connectivity index (χ1) is 18.2. The van der Waals surface area contributed by atoms with Crippen molar-refractivity contribution in [3.63, 3.8) is 0 Å². The average molecular weight is 518 g/mol. The number of carbonyl (C=O) groups is 1. The van der Waals surface area contributed by atoms with Gasteiger partial charge in [-0.1, -0.05) is 13.0 Å². The first-order valence-corrected chi connectivity index (χ1v) is 14.7. The summed E-state index contributed by atoms with van der Waals surface area (Å²) in [5, 5.41) is 10.7. The number of amides is 1. The smallest absolute Gasteiger partial charge is 0.263 e. The van der Waals surface area contributed by atoms with Gasteiger partial charge in [0.05, 0.1) is 0 Å². The molecule has 38 heavy (non-hydrogen) atoms. The number of piperidine rings is 1. The van der Waals surface area contributed by atoms with Crippen LogP contribution < -0.4 is 5.56 Å². The van der Waals surface area contributed by atoms with Crippen LogP contribution in [0.1, 0.15) is 80.3 Å². The van der Waals surface area contributed by atoms with E-state index in [1.54, 1.807) is 25.4 Å². The number of aryl methyl sites for hydroxylation is 2. The molecular weight excluding hydrogens is 474 g/mol. The number of likely N-dealkylation sites (tertiary alicyclic amines) is 1. The van der Waals surface area contributed by atoms with Crippen LogP contribution >= 0.6 is 0 Å². The fraction of sp³-hybridized carbons (Fsp3) is 0.625. The van der Waals surface area contributed by atoms with E-state index in [1.807, 2.05) is 18.0 Å². The lowest BCUT2D eigenvalue weighted by atomic mass is 9.46. The third kappa shape index (κ3) is 3.62. The molecular formula is C32H43N3O3. The number of rotatable bonds is 6. The number of hydrogen-bond donors (Lipinski definition) is 1. The van der Waals surface area contributed by atoms with Crippen LogP contribution in [0, 0.1) is 17.3 Å². The molecule has 2 heterocycles. The van der Waals surface area contributed by atoms with Crippen LogP contribution in [0.2, 0.25) is 0 Å². The van der Waals surface area contributed by atoms with E-state index in [0.717, 1.165) is 51.0 Å². The van der Waals surface area contributed by atoms with Crippen molar-refractivity contribution < 1.29 is 9.90 Å². The molecule has 1 aromatic heterocycles. The highest BCUT2D eigenvalue weighted by Crippen LogP contribution is 2.70. The molecule has 4 aliphatic rings. The predicted octanol–water partition coefficient (Wildman–Crippen LogP) is 4.73. The maximum atomic E-state index is 13.8. The van der Waals surface area contributed by atoms with E-state index in [2.05, 4.69) is 30.9 Å². The molecule has 1 saturated heterocycles. The van der Waals surface area contributed by atoms with Gasteiger partial charge in [0.1, 0.15) is 11.3 Å². The van der Waals surface area contributed by atoms with Crippen molar-refractivity contribution in [1.29, 1.82) is 0 Å². The molecule has 3 aliphatic carbocycles. The van der Waals surface area contributed by atoms with Gasteiger partial charge < -0.3 is 14.6 Å². The lowest BCUT2D eigenvalue weighted by Gasteiger charge is -2.64. The number of carbonyl (C=O) groups excluding carboxylic acids is 1. The van der Waals surface area contributed by atoms with Crippen LogP contribution in [0.15, 0.2) is 41.3 Å². The van der Waals surface area contributed by atoms with Crippen LogP contribution in [0.25, 0.3) is 0 Å². The van der Waals surface area contributed by atoms with Crippen LogP contribution in [0.4, 0.5) is 0 Å². The fourth-order valence-corrected chi connectivity index (χ4v) is 9.15. The predicted molar refractivity (Wildman–Crippen MR) is 149 cm³/mol. The Labute approximate surface area is 226 Å². The van der Waals surface area contributed by atoms with Crippen LogP contribution in [0.3, 0.4) is 0 Å². The van der Waals surface area contributed by atoms with Crippen LogP contribution in [-0.2, 0) is 18.9 Å². The summed E-state index contributed by atoms with van der Waals surface area (Å²) in [4.78, 5) is 31.3. The van der Waals surface area contributed by atoms with Crippen molar-refractivity contribution in [2.24, 2.45) is 24.3 Å². The minimum Gasteiger partial charge on any atom is -0.508 e. The van der Waals surface area contributed by atoms with Gasteiger partial charge in [-0.25, -0.2) is 0 Å². The second-order valence-electron chi connectivity index (χ2n) is 12.7. The highest BCUT2D eigenvalue weighted by Gasteiger charge is 2.69. The topological polar surface area (TPSA) is 65.8 Å². The van der Waals surface area contributed by atoms with Crippen molar-refractivity contribution in [3.8, 4) is 5.75 Å². The van der Waals surface area contributed by atoms with Gasteiger partial charge in [0, 0.05) is 44.3 Å². The summed E-state index contributed by atoms with van der Waals surface area (Å²) in [6.45, 7) is 6.96. The number of phenolic OH excluding ortho intramolecular Hbond substituents is 1. The van der Waals surface area contributed by atoms with Gasteiger partial charge in [-0.05, 0) is 117 Å². The van der Waals surface area contributed by atoms with Gasteiger partial charge in [0.25, 0.3) is 11.5 Å². The van der Waals surface area contributed by atoms with Crippen molar-refractivity contribution in [1.82, 2.24) is 14.4 Å². The second-order valence-corrected chi connectivity index (χ2v) is 12.7. The fourth-order valence-electron chi connectivity index (χ4n) is 9.15. The molecule has 4 fully saturated rings. The molecule has 6 nitrogen and oxygen atoms in total. The molecule has 204 valence electrons. The normalized spacial score (nSPS) is 32.7. The Morgan fingerprint density at radius 3 is 2.63 bits per heavy atom. The van der Waals surface area contributed by atoms with E-state index in [-0.39, 0.29) is 33.9 Å². The van der Waals surface area contributed by atoms with Gasteiger partial charge in [0.15, 0.2) is 0 Å². The number of aromatic nitrogens is 1. The molecule has 0 radical (unpaired) electrons. The van der Waals surface area contributed by atoms with Gasteiger partial charge in [0.2, 0.25) is 0 Å². The zero-order chi connectivity index (χ0) is 26.8. The summed E-state index contributed by atoms with van der Waals surface area (Å²) in [6.07, 6.45) is 10.7. The van der Waals surface area contributed by atoms with Crippen molar-refractivity contribution in [3.05, 3.63) is 63.6 Å². The van der Waals surface area contributed by atoms with Crippen LogP contribution in [-0.4, -0.2) is 57.6 Å². The Morgan fingerprint density at radius 1 is 1.13 bits per heavy atom. The summed E-state index contributed by atoms with van der Waals surface area (Å²) in [7, 11) is 3.61. The molecule has 2 bridgehead atoms. The van der Waals surface area contributed by atoms with Gasteiger partial charge in [-0.3, -0.25) is 14.5 Å². The number of hydrogen-bond acceptors (Lipinski definition) is 4. The maximum Gasteiger partial charge on any atom is 0.263 e. The Bertz CT molecular complexity index is 1300. The maximum absolute atomic E-state index is 13.8. The molecule has 3 saturated carbocycles. The van der Waals surface area contributed by atoms with E-state index in [4.69, 9.17) is 0 Å². The molecule has 1 aliphatic heterocycles. The minimum atomic E-state index is -0.237. The molecule has 0 spiro atoms. The van der Waals surface area contributed by atoms with E-state index < -0.39 is 0 Å². The molecule has 1 aromatic carbocycles. The second kappa shape index (κ2) is 9.25. The van der Waals surface area contributed by atoms with Gasteiger partial charge in [-0.15, -0.1) is 0 Å². The summed E-state index contributed by atoms with van der Waals surface area (Å²) in [5.41, 5.74) is 2.70. The Balaban J connectivity index is 1.44. The summed E-state index contributed by atoms with van der Waals surface area (Å²) in [6, 6.07) is 10.0. The number of benzene rings is 1. The Hall–Kier alpha value is -2.60. The van der Waals surface area contributed by atoms with Crippen molar-refractivity contribution in [2.75, 3.05) is 20.1 Å². The standard InChI is InChI=1S/C32H43N3O3/c1-5-23-10-11-24(36)19-27(23)32-16-18-35(20-22-8-9-22)21(2)31(32)14-12-26(32)28(13-15-31)34(4)30(38)25-7-6-17-33(3)29(25)37/h6-7,10-11,17,19,21-22,26,28,36H,5,8-9,12-16,18,20H2,1-4H3. The molecule has 6 heteroatoms. The first kappa shape index (κ1) is 25.7. The van der Waals surface area contributed by atoms with Crippen LogP contribution in [0.5, 0.6) is 5.75 Å². The largest absolute Gasteiger partial charge is 0.508 e. The highest BCUT2D eigenvalue weighted by molar-refractivity contribution is 5.94. The van der Waals surface area contributed by atoms with E-state index in [0.29, 0.717) is 17.7 Å². The first-order valence-electron chi connectivity index (χ1n) is 14.7. The number of phenols is 1. The number of aromatic hydroxyl groups is 1. The van der Waals surface area contributed by atoms with Gasteiger partial charge >= 0.3 is 0 Å². The summed E-state index contributed by atoms with van der Waals surface area (Å²) >= 11 is 0. The third-order valence-electron chi connectivity index (χ3n) is 11.2. The SMILES string of the molecule is CCc1ccc(O)cc1C12CCN(CC3CC3)C(C)C13CCC(N(C)C(=O)c1cccn(C)c1=O)C2CC3. The summed E-state index contributed by atoms with van der Waals surface area (Å²) < 4.78 is 1.49. The summed E-state index contributed by atoms with van der Waals surface area (Å²) in [5.74, 6) is 1.33. The number of pyridine rings is 1. The highest BCUT2D eigenvalue weighted by atomic mass is 16.3. The Kier molecular flexibility index (Phi) is 6.25.